The number of aryl methyl sites for hydroxylation is 1. The number of nitrogens with zero attached hydrogens (tertiary/aromatic N) is 2. The quantitative estimate of drug-likeness (QED) is 0.807. The first-order chi connectivity index (χ1) is 9.40. The molecule has 1 aromatic heterocycles. The number of carboxylic acid groups (broad SMARTS) is 1. The molecule has 1 heterocycles. The molecular formula is C13H17N3O4. The molecule has 2 N–H and O–H groups in total. The number of amides is 2. The molecule has 20 heavy (non-hydrogen) atoms. The molecule has 0 aromatic carbocycles. The zero-order chi connectivity index (χ0) is 15.3. The predicted octanol–water partition coefficient (Wildman–Crippen LogP) is 0.296. The van der Waals surface area contributed by atoms with E-state index < -0.39 is 11.9 Å². The van der Waals surface area contributed by atoms with Crippen molar-refractivity contribution >= 4 is 17.8 Å². The summed E-state index contributed by atoms with van der Waals surface area (Å²) < 4.78 is 0. The summed E-state index contributed by atoms with van der Waals surface area (Å²) in [5, 5.41) is 11.4. The Hall–Kier alpha value is -2.44. The summed E-state index contributed by atoms with van der Waals surface area (Å²) in [5.41, 5.74) is 0.438. The summed E-state index contributed by atoms with van der Waals surface area (Å²) in [5.74, 6) is -1.78. The van der Waals surface area contributed by atoms with Crippen LogP contribution in [0.2, 0.25) is 0 Å². The van der Waals surface area contributed by atoms with Gasteiger partial charge in [0.05, 0.1) is 17.8 Å². The fraction of sp³-hybridized carbons (Fsp3) is 0.385. The van der Waals surface area contributed by atoms with Crippen molar-refractivity contribution in [3.05, 3.63) is 29.1 Å². The zero-order valence-corrected chi connectivity index (χ0v) is 11.6. The molecule has 1 aromatic rings. The number of rotatable bonds is 5. The average molecular weight is 279 g/mol. The lowest BCUT2D eigenvalue weighted by Gasteiger charge is -2.19. The van der Waals surface area contributed by atoms with Crippen LogP contribution in [0.4, 0.5) is 0 Å². The van der Waals surface area contributed by atoms with E-state index in [0.717, 1.165) is 0 Å². The summed E-state index contributed by atoms with van der Waals surface area (Å²) in [6, 6.07) is 2.69. The number of pyridine rings is 1. The van der Waals surface area contributed by atoms with Gasteiger partial charge in [-0.3, -0.25) is 9.59 Å². The number of carbonyl (C=O) groups excluding carboxylic acids is 2. The minimum atomic E-state index is -1.09. The van der Waals surface area contributed by atoms with Crippen LogP contribution in [0.5, 0.6) is 0 Å². The van der Waals surface area contributed by atoms with Crippen molar-refractivity contribution in [1.82, 2.24) is 15.2 Å². The summed E-state index contributed by atoms with van der Waals surface area (Å²) in [4.78, 5) is 39.7. The predicted molar refractivity (Wildman–Crippen MR) is 71.6 cm³/mol. The van der Waals surface area contributed by atoms with E-state index in [-0.39, 0.29) is 29.4 Å². The third kappa shape index (κ3) is 3.53. The largest absolute Gasteiger partial charge is 0.478 e. The highest BCUT2D eigenvalue weighted by molar-refractivity contribution is 5.96. The molecule has 0 aliphatic rings. The van der Waals surface area contributed by atoms with E-state index in [9.17, 15) is 14.4 Å². The first-order valence-electron chi connectivity index (χ1n) is 6.11. The van der Waals surface area contributed by atoms with Gasteiger partial charge < -0.3 is 15.3 Å². The van der Waals surface area contributed by atoms with Gasteiger partial charge in [0.15, 0.2) is 0 Å². The molecule has 0 atom stereocenters. The second-order valence-electron chi connectivity index (χ2n) is 4.13. The monoisotopic (exact) mass is 279 g/mol. The third-order valence-corrected chi connectivity index (χ3v) is 2.82. The Bertz CT molecular complexity index is 542. The van der Waals surface area contributed by atoms with Crippen molar-refractivity contribution < 1.29 is 19.5 Å². The van der Waals surface area contributed by atoms with E-state index in [2.05, 4.69) is 10.3 Å². The molecule has 0 fully saturated rings. The van der Waals surface area contributed by atoms with Crippen LogP contribution < -0.4 is 5.32 Å². The van der Waals surface area contributed by atoms with Gasteiger partial charge in [0.1, 0.15) is 5.69 Å². The van der Waals surface area contributed by atoms with Gasteiger partial charge in [0.25, 0.3) is 5.91 Å². The SMILES string of the molecule is CCN(CC(=O)NC)C(=O)c1ccc(C(=O)O)c(C)n1. The van der Waals surface area contributed by atoms with Crippen LogP contribution in [0.25, 0.3) is 0 Å². The number of hydrogen-bond donors (Lipinski definition) is 2. The number of aromatic carboxylic acids is 1. The number of nitrogens with one attached hydrogen (secondary N) is 1. The maximum Gasteiger partial charge on any atom is 0.337 e. The molecule has 0 saturated heterocycles. The van der Waals surface area contributed by atoms with Crippen LogP contribution in [-0.2, 0) is 4.79 Å². The van der Waals surface area contributed by atoms with Gasteiger partial charge in [-0.15, -0.1) is 0 Å². The highest BCUT2D eigenvalue weighted by atomic mass is 16.4. The van der Waals surface area contributed by atoms with Gasteiger partial charge in [-0.05, 0) is 26.0 Å². The lowest BCUT2D eigenvalue weighted by molar-refractivity contribution is -0.121. The molecule has 7 heteroatoms. The van der Waals surface area contributed by atoms with E-state index in [4.69, 9.17) is 5.11 Å². The highest BCUT2D eigenvalue weighted by Crippen LogP contribution is 2.09. The number of carboxylic acids is 1. The van der Waals surface area contributed by atoms with Crippen molar-refractivity contribution in [2.75, 3.05) is 20.1 Å². The molecule has 108 valence electrons. The lowest BCUT2D eigenvalue weighted by atomic mass is 10.2. The Morgan fingerprint density at radius 1 is 1.35 bits per heavy atom. The summed E-state index contributed by atoms with van der Waals surface area (Å²) in [6.45, 7) is 3.56. The molecule has 0 aliphatic heterocycles. The average Bonchev–Trinajstić information content (AvgIpc) is 2.43. The van der Waals surface area contributed by atoms with Crippen LogP contribution in [-0.4, -0.2) is 52.9 Å². The van der Waals surface area contributed by atoms with Crippen molar-refractivity contribution in [3.8, 4) is 0 Å². The number of aromatic nitrogens is 1. The molecular weight excluding hydrogens is 262 g/mol. The summed E-state index contributed by atoms with van der Waals surface area (Å²) >= 11 is 0. The van der Waals surface area contributed by atoms with Crippen molar-refractivity contribution in [1.29, 1.82) is 0 Å². The van der Waals surface area contributed by atoms with Gasteiger partial charge in [-0.1, -0.05) is 0 Å². The van der Waals surface area contributed by atoms with Gasteiger partial charge in [-0.2, -0.15) is 0 Å². The smallest absolute Gasteiger partial charge is 0.337 e. The van der Waals surface area contributed by atoms with Gasteiger partial charge in [0, 0.05) is 13.6 Å². The van der Waals surface area contributed by atoms with Gasteiger partial charge >= 0.3 is 5.97 Å². The van der Waals surface area contributed by atoms with Crippen molar-refractivity contribution in [3.63, 3.8) is 0 Å². The second kappa shape index (κ2) is 6.65. The van der Waals surface area contributed by atoms with E-state index in [1.807, 2.05) is 0 Å². The zero-order valence-electron chi connectivity index (χ0n) is 11.6. The Kier molecular flexibility index (Phi) is 5.19. The molecule has 0 saturated carbocycles. The fourth-order valence-electron chi connectivity index (χ4n) is 1.65. The van der Waals surface area contributed by atoms with Crippen LogP contribution in [0, 0.1) is 6.92 Å². The molecule has 0 unspecified atom stereocenters. The Morgan fingerprint density at radius 3 is 2.45 bits per heavy atom. The standard InChI is InChI=1S/C13H17N3O4/c1-4-16(7-11(17)14-3)12(18)10-6-5-9(13(19)20)8(2)15-10/h5-6H,4,7H2,1-3H3,(H,14,17)(H,19,20). The molecule has 0 radical (unpaired) electrons. The molecule has 7 nitrogen and oxygen atoms in total. The number of hydrogen-bond acceptors (Lipinski definition) is 4. The molecule has 0 bridgehead atoms. The van der Waals surface area contributed by atoms with Gasteiger partial charge in [0.2, 0.25) is 5.91 Å². The van der Waals surface area contributed by atoms with Crippen LogP contribution in [0.3, 0.4) is 0 Å². The van der Waals surface area contributed by atoms with E-state index >= 15 is 0 Å². The van der Waals surface area contributed by atoms with Crippen molar-refractivity contribution in [2.45, 2.75) is 13.8 Å². The van der Waals surface area contributed by atoms with Crippen LogP contribution in [0.1, 0.15) is 33.5 Å². The first kappa shape index (κ1) is 15.6. The normalized spacial score (nSPS) is 9.95. The van der Waals surface area contributed by atoms with E-state index in [0.29, 0.717) is 6.54 Å². The summed E-state index contributed by atoms with van der Waals surface area (Å²) in [6.07, 6.45) is 0. The number of likely N-dealkylation sites (N-methyl/N-ethyl adjacent to an activating group) is 2. The fourth-order valence-corrected chi connectivity index (χ4v) is 1.65. The second-order valence-corrected chi connectivity index (χ2v) is 4.13. The van der Waals surface area contributed by atoms with Crippen molar-refractivity contribution in [2.24, 2.45) is 0 Å². The maximum absolute atomic E-state index is 12.2. The molecule has 0 aliphatic carbocycles. The third-order valence-electron chi connectivity index (χ3n) is 2.82. The van der Waals surface area contributed by atoms with Gasteiger partial charge in [-0.25, -0.2) is 9.78 Å². The lowest BCUT2D eigenvalue weighted by Crippen LogP contribution is -2.39. The van der Waals surface area contributed by atoms with E-state index in [1.165, 1.54) is 31.0 Å². The number of carbonyl (C=O) groups is 3. The van der Waals surface area contributed by atoms with E-state index in [1.54, 1.807) is 6.92 Å². The first-order valence-corrected chi connectivity index (χ1v) is 6.11. The maximum atomic E-state index is 12.2. The summed E-state index contributed by atoms with van der Waals surface area (Å²) in [7, 11) is 1.49. The van der Waals surface area contributed by atoms with Crippen LogP contribution in [0.15, 0.2) is 12.1 Å². The Labute approximate surface area is 116 Å². The molecule has 1 rings (SSSR count). The molecule has 0 spiro atoms. The minimum Gasteiger partial charge on any atom is -0.478 e. The topological polar surface area (TPSA) is 99.6 Å². The Morgan fingerprint density at radius 2 is 2.00 bits per heavy atom. The van der Waals surface area contributed by atoms with Crippen LogP contribution >= 0.6 is 0 Å². The highest BCUT2D eigenvalue weighted by Gasteiger charge is 2.19. The molecule has 2 amide bonds. The Balaban J connectivity index is 2.98. The minimum absolute atomic E-state index is 0.0518.